The first-order valence-corrected chi connectivity index (χ1v) is 10.1. The number of likely N-dealkylation sites (N-methyl/N-ethyl adjacent to an activating group) is 1. The van der Waals surface area contributed by atoms with Gasteiger partial charge in [-0.25, -0.2) is 4.79 Å². The summed E-state index contributed by atoms with van der Waals surface area (Å²) in [6.07, 6.45) is 0.894. The lowest BCUT2D eigenvalue weighted by Gasteiger charge is -2.29. The Labute approximate surface area is 173 Å². The number of carbonyl (C=O) groups excluding carboxylic acids is 3. The number of halogens is 1. The third-order valence-corrected chi connectivity index (χ3v) is 5.31. The SMILES string of the molecule is CN(C)C(=O)[C@@H]1Cc2cc(Br)cc3c2N1C(=O)[C@@H](NC(=O)OC(C)(C)C)CC3. The Morgan fingerprint density at radius 1 is 1.25 bits per heavy atom. The van der Waals surface area contributed by atoms with Gasteiger partial charge in [0, 0.05) is 25.0 Å². The van der Waals surface area contributed by atoms with E-state index in [2.05, 4.69) is 21.2 Å². The van der Waals surface area contributed by atoms with Crippen LogP contribution >= 0.6 is 15.9 Å². The second-order valence-corrected chi connectivity index (χ2v) is 9.39. The Morgan fingerprint density at radius 3 is 2.50 bits per heavy atom. The highest BCUT2D eigenvalue weighted by Crippen LogP contribution is 2.41. The summed E-state index contributed by atoms with van der Waals surface area (Å²) >= 11 is 3.53. The Bertz CT molecular complexity index is 831. The van der Waals surface area contributed by atoms with Crippen molar-refractivity contribution >= 4 is 39.5 Å². The molecule has 0 aromatic heterocycles. The predicted molar refractivity (Wildman–Crippen MR) is 109 cm³/mol. The summed E-state index contributed by atoms with van der Waals surface area (Å²) in [5, 5.41) is 2.70. The fourth-order valence-electron chi connectivity index (χ4n) is 3.76. The summed E-state index contributed by atoms with van der Waals surface area (Å²) in [4.78, 5) is 41.5. The zero-order valence-electron chi connectivity index (χ0n) is 16.8. The van der Waals surface area contributed by atoms with Gasteiger partial charge < -0.3 is 15.0 Å². The number of amides is 3. The zero-order valence-corrected chi connectivity index (χ0v) is 18.4. The van der Waals surface area contributed by atoms with Crippen LogP contribution in [0.25, 0.3) is 0 Å². The van der Waals surface area contributed by atoms with E-state index in [0.29, 0.717) is 19.3 Å². The lowest BCUT2D eigenvalue weighted by molar-refractivity contribution is -0.132. The minimum absolute atomic E-state index is 0.135. The molecule has 28 heavy (non-hydrogen) atoms. The van der Waals surface area contributed by atoms with Crippen molar-refractivity contribution in [2.75, 3.05) is 19.0 Å². The smallest absolute Gasteiger partial charge is 0.408 e. The Hall–Kier alpha value is -2.09. The molecule has 152 valence electrons. The van der Waals surface area contributed by atoms with Crippen LogP contribution in [0.4, 0.5) is 10.5 Å². The van der Waals surface area contributed by atoms with E-state index in [1.165, 1.54) is 4.90 Å². The molecule has 2 atom stereocenters. The molecule has 1 N–H and O–H groups in total. The molecule has 0 saturated heterocycles. The van der Waals surface area contributed by atoms with E-state index >= 15 is 0 Å². The van der Waals surface area contributed by atoms with Gasteiger partial charge >= 0.3 is 6.09 Å². The molecule has 0 unspecified atom stereocenters. The van der Waals surface area contributed by atoms with Gasteiger partial charge in [-0.3, -0.25) is 14.5 Å². The van der Waals surface area contributed by atoms with Crippen LogP contribution in [0, 0.1) is 0 Å². The van der Waals surface area contributed by atoms with Crippen LogP contribution in [-0.2, 0) is 27.2 Å². The molecule has 2 aliphatic heterocycles. The van der Waals surface area contributed by atoms with Crippen LogP contribution in [0.1, 0.15) is 38.3 Å². The molecule has 0 aliphatic carbocycles. The van der Waals surface area contributed by atoms with Gasteiger partial charge in [0.05, 0.1) is 5.69 Å². The predicted octanol–water partition coefficient (Wildman–Crippen LogP) is 2.63. The fraction of sp³-hybridized carbons (Fsp3) is 0.550. The molecule has 3 rings (SSSR count). The first kappa shape index (κ1) is 20.6. The van der Waals surface area contributed by atoms with Crippen molar-refractivity contribution in [3.63, 3.8) is 0 Å². The van der Waals surface area contributed by atoms with E-state index in [4.69, 9.17) is 4.74 Å². The summed E-state index contributed by atoms with van der Waals surface area (Å²) < 4.78 is 6.24. The molecule has 3 amide bonds. The second-order valence-electron chi connectivity index (χ2n) is 8.47. The van der Waals surface area contributed by atoms with Crippen LogP contribution in [0.2, 0.25) is 0 Å². The van der Waals surface area contributed by atoms with Gasteiger partial charge in [-0.05, 0) is 56.9 Å². The van der Waals surface area contributed by atoms with Crippen LogP contribution in [0.3, 0.4) is 0 Å². The maximum Gasteiger partial charge on any atom is 0.408 e. The Balaban J connectivity index is 1.95. The fourth-order valence-corrected chi connectivity index (χ4v) is 4.32. The summed E-state index contributed by atoms with van der Waals surface area (Å²) in [7, 11) is 3.36. The summed E-state index contributed by atoms with van der Waals surface area (Å²) in [6, 6.07) is 2.59. The van der Waals surface area contributed by atoms with Crippen molar-refractivity contribution in [2.45, 2.75) is 57.7 Å². The number of nitrogens with one attached hydrogen (secondary N) is 1. The number of ether oxygens (including phenoxy) is 1. The second kappa shape index (κ2) is 7.39. The Morgan fingerprint density at radius 2 is 1.89 bits per heavy atom. The Kier molecular flexibility index (Phi) is 5.44. The number of alkyl carbamates (subject to hydrolysis) is 1. The van der Waals surface area contributed by atoms with E-state index in [9.17, 15) is 14.4 Å². The molecule has 0 radical (unpaired) electrons. The van der Waals surface area contributed by atoms with Crippen molar-refractivity contribution < 1.29 is 19.1 Å². The number of nitrogens with zero attached hydrogens (tertiary/aromatic N) is 2. The van der Waals surface area contributed by atoms with E-state index < -0.39 is 23.8 Å². The largest absolute Gasteiger partial charge is 0.444 e. The van der Waals surface area contributed by atoms with Crippen LogP contribution in [0.15, 0.2) is 16.6 Å². The molecule has 2 aliphatic rings. The van der Waals surface area contributed by atoms with Gasteiger partial charge in [-0.15, -0.1) is 0 Å². The third-order valence-electron chi connectivity index (χ3n) is 4.85. The number of hydrogen-bond donors (Lipinski definition) is 1. The minimum atomic E-state index is -0.746. The van der Waals surface area contributed by atoms with Crippen molar-refractivity contribution in [1.29, 1.82) is 0 Å². The van der Waals surface area contributed by atoms with Gasteiger partial charge in [0.2, 0.25) is 11.8 Å². The third kappa shape index (κ3) is 4.01. The maximum absolute atomic E-state index is 13.4. The molecule has 0 fully saturated rings. The molecule has 0 saturated carbocycles. The average molecular weight is 452 g/mol. The molecule has 1 aromatic carbocycles. The van der Waals surface area contributed by atoms with Crippen molar-refractivity contribution in [2.24, 2.45) is 0 Å². The number of rotatable bonds is 2. The van der Waals surface area contributed by atoms with Gasteiger partial charge in [0.25, 0.3) is 0 Å². The zero-order chi connectivity index (χ0) is 20.8. The highest BCUT2D eigenvalue weighted by atomic mass is 79.9. The normalized spacial score (nSPS) is 21.1. The van der Waals surface area contributed by atoms with E-state index in [-0.39, 0.29) is 11.8 Å². The lowest BCUT2D eigenvalue weighted by Crippen LogP contribution is -2.54. The highest BCUT2D eigenvalue weighted by Gasteiger charge is 2.44. The number of carbonyl (C=O) groups is 3. The van der Waals surface area contributed by atoms with E-state index in [1.54, 1.807) is 39.8 Å². The number of benzene rings is 1. The molecule has 7 nitrogen and oxygen atoms in total. The monoisotopic (exact) mass is 451 g/mol. The van der Waals surface area contributed by atoms with Gasteiger partial charge in [-0.1, -0.05) is 15.9 Å². The summed E-state index contributed by atoms with van der Waals surface area (Å²) in [5.41, 5.74) is 2.12. The van der Waals surface area contributed by atoms with Gasteiger partial charge in [0.15, 0.2) is 0 Å². The lowest BCUT2D eigenvalue weighted by atomic mass is 10.0. The number of hydrogen-bond acceptors (Lipinski definition) is 4. The summed E-state index contributed by atoms with van der Waals surface area (Å²) in [5.74, 6) is -0.407. The molecule has 8 heteroatoms. The van der Waals surface area contributed by atoms with Crippen LogP contribution in [0.5, 0.6) is 0 Å². The van der Waals surface area contributed by atoms with Crippen molar-refractivity contribution in [3.05, 3.63) is 27.7 Å². The van der Waals surface area contributed by atoms with Gasteiger partial charge in [-0.2, -0.15) is 0 Å². The van der Waals surface area contributed by atoms with E-state index in [1.807, 2.05) is 12.1 Å². The average Bonchev–Trinajstić information content (AvgIpc) is 2.87. The van der Waals surface area contributed by atoms with Crippen molar-refractivity contribution in [3.8, 4) is 0 Å². The topological polar surface area (TPSA) is 79.0 Å². The standard InChI is InChI=1S/C20H26BrN3O4/c1-20(2,3)28-19(27)22-14-7-6-11-8-13(21)9-12-10-15(18(26)23(4)5)24(16(11)12)17(14)25/h8-9,14-15H,6-7,10H2,1-5H3,(H,22,27)/t14-,15-/m0/s1. The van der Waals surface area contributed by atoms with E-state index in [0.717, 1.165) is 21.3 Å². The molecular weight excluding hydrogens is 426 g/mol. The first-order valence-electron chi connectivity index (χ1n) is 9.33. The number of anilines is 1. The quantitative estimate of drug-likeness (QED) is 0.749. The maximum atomic E-state index is 13.4. The molecular formula is C20H26BrN3O4. The molecule has 2 heterocycles. The highest BCUT2D eigenvalue weighted by molar-refractivity contribution is 9.10. The molecule has 1 aromatic rings. The molecule has 0 bridgehead atoms. The minimum Gasteiger partial charge on any atom is -0.444 e. The van der Waals surface area contributed by atoms with Crippen LogP contribution < -0.4 is 10.2 Å². The van der Waals surface area contributed by atoms with Crippen molar-refractivity contribution in [1.82, 2.24) is 10.2 Å². The van der Waals surface area contributed by atoms with Gasteiger partial charge in [0.1, 0.15) is 17.7 Å². The number of aryl methyl sites for hydroxylation is 1. The summed E-state index contributed by atoms with van der Waals surface area (Å²) in [6.45, 7) is 5.31. The first-order chi connectivity index (χ1) is 13.0. The molecule has 0 spiro atoms. The van der Waals surface area contributed by atoms with Crippen LogP contribution in [-0.4, -0.2) is 54.6 Å².